The lowest BCUT2D eigenvalue weighted by molar-refractivity contribution is 0.551. The number of hydrogen-bond acceptors (Lipinski definition) is 4. The predicted molar refractivity (Wildman–Crippen MR) is 93.0 cm³/mol. The van der Waals surface area contributed by atoms with E-state index in [1.54, 1.807) is 4.52 Å². The van der Waals surface area contributed by atoms with E-state index in [9.17, 15) is 0 Å². The Kier molecular flexibility index (Phi) is 3.20. The lowest BCUT2D eigenvalue weighted by atomic mass is 10.0. The monoisotopic (exact) mass is 368 g/mol. The predicted octanol–water partition coefficient (Wildman–Crippen LogP) is 4.31. The van der Waals surface area contributed by atoms with Crippen LogP contribution < -0.4 is 5.73 Å². The Bertz CT molecular complexity index is 1020. The van der Waals surface area contributed by atoms with Crippen molar-refractivity contribution in [2.45, 2.75) is 6.92 Å². The van der Waals surface area contributed by atoms with Gasteiger partial charge in [-0.05, 0) is 58.2 Å². The third-order valence-corrected chi connectivity index (χ3v) is 4.04. The van der Waals surface area contributed by atoms with Crippen molar-refractivity contribution >= 4 is 27.4 Å². The van der Waals surface area contributed by atoms with Crippen LogP contribution in [0.4, 0.5) is 5.82 Å². The van der Waals surface area contributed by atoms with Crippen LogP contribution in [0.3, 0.4) is 0 Å². The number of pyridine rings is 1. The molecule has 0 aliphatic carbocycles. The maximum atomic E-state index is 6.15. The average molecular weight is 369 g/mol. The number of nitrogens with zero attached hydrogens (tertiary/aromatic N) is 3. The number of halogens is 1. The van der Waals surface area contributed by atoms with Crippen molar-refractivity contribution in [3.63, 3.8) is 0 Å². The Labute approximate surface area is 140 Å². The van der Waals surface area contributed by atoms with Gasteiger partial charge in [0, 0.05) is 0 Å². The molecule has 2 N–H and O–H groups in total. The second kappa shape index (κ2) is 5.24. The quantitative estimate of drug-likeness (QED) is 0.572. The van der Waals surface area contributed by atoms with Crippen molar-refractivity contribution in [2.75, 3.05) is 5.73 Å². The normalized spacial score (nSPS) is 11.2. The highest BCUT2D eigenvalue weighted by molar-refractivity contribution is 9.10. The summed E-state index contributed by atoms with van der Waals surface area (Å²) in [5.41, 5.74) is 10.1. The molecule has 0 saturated heterocycles. The number of aryl methyl sites for hydroxylation is 1. The van der Waals surface area contributed by atoms with E-state index >= 15 is 0 Å². The molecule has 3 aromatic heterocycles. The van der Waals surface area contributed by atoms with Crippen molar-refractivity contribution < 1.29 is 4.42 Å². The minimum Gasteiger partial charge on any atom is -0.446 e. The standard InChI is InChI=1S/C17H13BrN4O/c1-10-3-2-4-11(7-10)12-8-15(19)22-16(9-12)20-17(21-22)13-5-6-14(18)23-13/h2-9H,19H2,1H3. The number of anilines is 1. The van der Waals surface area contributed by atoms with Gasteiger partial charge in [0.15, 0.2) is 16.1 Å². The van der Waals surface area contributed by atoms with E-state index in [0.717, 1.165) is 11.1 Å². The first-order valence-corrected chi connectivity index (χ1v) is 7.88. The molecule has 0 radical (unpaired) electrons. The molecule has 5 nitrogen and oxygen atoms in total. The number of furan rings is 1. The molecular formula is C17H13BrN4O. The van der Waals surface area contributed by atoms with Gasteiger partial charge in [0.05, 0.1) is 0 Å². The number of benzene rings is 1. The summed E-state index contributed by atoms with van der Waals surface area (Å²) in [5, 5.41) is 4.41. The Morgan fingerprint density at radius 3 is 2.70 bits per heavy atom. The van der Waals surface area contributed by atoms with Crippen LogP contribution in [0.15, 0.2) is 57.6 Å². The lowest BCUT2D eigenvalue weighted by Gasteiger charge is -2.05. The molecule has 0 aliphatic heterocycles. The van der Waals surface area contributed by atoms with E-state index in [0.29, 0.717) is 27.7 Å². The fourth-order valence-corrected chi connectivity index (χ4v) is 2.85. The number of fused-ring (bicyclic) bond motifs is 1. The lowest BCUT2D eigenvalue weighted by Crippen LogP contribution is -1.99. The SMILES string of the molecule is Cc1cccc(-c2cc(N)n3nc(-c4ccc(Br)o4)nc3c2)c1. The van der Waals surface area contributed by atoms with Gasteiger partial charge in [0.2, 0.25) is 5.82 Å². The van der Waals surface area contributed by atoms with Crippen molar-refractivity contribution in [1.29, 1.82) is 0 Å². The number of rotatable bonds is 2. The van der Waals surface area contributed by atoms with Gasteiger partial charge in [0.25, 0.3) is 0 Å². The van der Waals surface area contributed by atoms with Crippen LogP contribution in [-0.2, 0) is 0 Å². The summed E-state index contributed by atoms with van der Waals surface area (Å²) in [5.74, 6) is 1.63. The molecule has 0 saturated carbocycles. The molecule has 0 spiro atoms. The third-order valence-electron chi connectivity index (χ3n) is 3.61. The van der Waals surface area contributed by atoms with Crippen LogP contribution in [0.5, 0.6) is 0 Å². The number of hydrogen-bond donors (Lipinski definition) is 1. The van der Waals surface area contributed by atoms with Crippen LogP contribution in [0.1, 0.15) is 5.56 Å². The summed E-state index contributed by atoms with van der Waals surface area (Å²) in [6.07, 6.45) is 0. The summed E-state index contributed by atoms with van der Waals surface area (Å²) < 4.78 is 7.76. The minimum absolute atomic E-state index is 0.504. The molecule has 0 fully saturated rings. The van der Waals surface area contributed by atoms with Crippen molar-refractivity contribution in [1.82, 2.24) is 14.6 Å². The Hall–Kier alpha value is -2.60. The first-order chi connectivity index (χ1) is 11.1. The topological polar surface area (TPSA) is 69.3 Å². The highest BCUT2D eigenvalue weighted by Crippen LogP contribution is 2.27. The molecule has 1 aromatic carbocycles. The van der Waals surface area contributed by atoms with Crippen molar-refractivity contribution in [3.05, 3.63) is 58.8 Å². The van der Waals surface area contributed by atoms with Gasteiger partial charge in [-0.2, -0.15) is 4.52 Å². The van der Waals surface area contributed by atoms with E-state index in [4.69, 9.17) is 10.2 Å². The zero-order valence-electron chi connectivity index (χ0n) is 12.3. The number of aromatic nitrogens is 3. The van der Waals surface area contributed by atoms with Crippen LogP contribution in [-0.4, -0.2) is 14.6 Å². The fourth-order valence-electron chi connectivity index (χ4n) is 2.54. The molecule has 4 aromatic rings. The second-order valence-electron chi connectivity index (χ2n) is 5.35. The summed E-state index contributed by atoms with van der Waals surface area (Å²) >= 11 is 3.28. The van der Waals surface area contributed by atoms with Crippen LogP contribution in [0.2, 0.25) is 0 Å². The Balaban J connectivity index is 1.87. The smallest absolute Gasteiger partial charge is 0.218 e. The highest BCUT2D eigenvalue weighted by Gasteiger charge is 2.13. The van der Waals surface area contributed by atoms with E-state index in [1.165, 1.54) is 5.56 Å². The van der Waals surface area contributed by atoms with Crippen molar-refractivity contribution in [3.8, 4) is 22.7 Å². The molecule has 6 heteroatoms. The molecule has 0 atom stereocenters. The molecule has 0 unspecified atom stereocenters. The fraction of sp³-hybridized carbons (Fsp3) is 0.0588. The molecule has 0 amide bonds. The molecule has 23 heavy (non-hydrogen) atoms. The van der Waals surface area contributed by atoms with Gasteiger partial charge < -0.3 is 10.2 Å². The summed E-state index contributed by atoms with van der Waals surface area (Å²) in [4.78, 5) is 4.52. The summed E-state index contributed by atoms with van der Waals surface area (Å²) in [6, 6.07) is 15.8. The molecule has 4 rings (SSSR count). The molecule has 3 heterocycles. The first kappa shape index (κ1) is 14.0. The number of nitrogen functional groups attached to an aromatic ring is 1. The van der Waals surface area contributed by atoms with Gasteiger partial charge in [-0.1, -0.05) is 29.8 Å². The van der Waals surface area contributed by atoms with E-state index in [2.05, 4.69) is 51.1 Å². The minimum atomic E-state index is 0.504. The number of nitrogens with two attached hydrogens (primary N) is 1. The molecule has 114 valence electrons. The second-order valence-corrected chi connectivity index (χ2v) is 6.13. The van der Waals surface area contributed by atoms with E-state index in [-0.39, 0.29) is 0 Å². The van der Waals surface area contributed by atoms with Gasteiger partial charge >= 0.3 is 0 Å². The maximum absolute atomic E-state index is 6.15. The van der Waals surface area contributed by atoms with Crippen LogP contribution in [0.25, 0.3) is 28.4 Å². The first-order valence-electron chi connectivity index (χ1n) is 7.09. The van der Waals surface area contributed by atoms with Gasteiger partial charge in [-0.15, -0.1) is 5.10 Å². The summed E-state index contributed by atoms with van der Waals surface area (Å²) in [6.45, 7) is 2.06. The van der Waals surface area contributed by atoms with Gasteiger partial charge in [0.1, 0.15) is 5.82 Å². The highest BCUT2D eigenvalue weighted by atomic mass is 79.9. The van der Waals surface area contributed by atoms with Gasteiger partial charge in [-0.25, -0.2) is 4.98 Å². The third kappa shape index (κ3) is 2.51. The zero-order chi connectivity index (χ0) is 16.0. The summed E-state index contributed by atoms with van der Waals surface area (Å²) in [7, 11) is 0. The van der Waals surface area contributed by atoms with Crippen molar-refractivity contribution in [2.24, 2.45) is 0 Å². The zero-order valence-corrected chi connectivity index (χ0v) is 13.9. The van der Waals surface area contributed by atoms with E-state index < -0.39 is 0 Å². The maximum Gasteiger partial charge on any atom is 0.218 e. The Morgan fingerprint density at radius 2 is 1.96 bits per heavy atom. The van der Waals surface area contributed by atoms with Crippen LogP contribution in [0, 0.1) is 6.92 Å². The molecule has 0 bridgehead atoms. The largest absolute Gasteiger partial charge is 0.446 e. The van der Waals surface area contributed by atoms with Crippen LogP contribution >= 0.6 is 15.9 Å². The molecule has 0 aliphatic rings. The van der Waals surface area contributed by atoms with Gasteiger partial charge in [-0.3, -0.25) is 0 Å². The average Bonchev–Trinajstić information content (AvgIpc) is 3.13. The van der Waals surface area contributed by atoms with E-state index in [1.807, 2.05) is 30.3 Å². The Morgan fingerprint density at radius 1 is 1.09 bits per heavy atom. The molecular weight excluding hydrogens is 356 g/mol.